The summed E-state index contributed by atoms with van der Waals surface area (Å²) in [7, 11) is 3.52. The van der Waals surface area contributed by atoms with E-state index < -0.39 is 0 Å². The summed E-state index contributed by atoms with van der Waals surface area (Å²) in [6.45, 7) is 3.34. The summed E-state index contributed by atoms with van der Waals surface area (Å²) >= 11 is 0. The summed E-state index contributed by atoms with van der Waals surface area (Å²) < 4.78 is 0. The lowest BCUT2D eigenvalue weighted by atomic mass is 10.1. The number of anilines is 1. The Balaban J connectivity index is 1.89. The van der Waals surface area contributed by atoms with Crippen LogP contribution in [0.15, 0.2) is 48.5 Å². The maximum absolute atomic E-state index is 12.3. The van der Waals surface area contributed by atoms with Crippen LogP contribution in [0, 0.1) is 0 Å². The van der Waals surface area contributed by atoms with E-state index in [4.69, 9.17) is 0 Å². The second-order valence-corrected chi connectivity index (χ2v) is 6.58. The molecule has 148 valence electrons. The number of quaternary nitrogens is 1. The molecule has 0 aliphatic carbocycles. The maximum atomic E-state index is 12.3. The Morgan fingerprint density at radius 3 is 2.32 bits per heavy atom. The van der Waals surface area contributed by atoms with E-state index in [1.54, 1.807) is 43.4 Å². The van der Waals surface area contributed by atoms with Crippen LogP contribution >= 0.6 is 0 Å². The van der Waals surface area contributed by atoms with Gasteiger partial charge in [0.1, 0.15) is 6.54 Å². The van der Waals surface area contributed by atoms with Crippen molar-refractivity contribution in [1.82, 2.24) is 10.6 Å². The minimum atomic E-state index is -0.165. The van der Waals surface area contributed by atoms with Crippen LogP contribution in [-0.2, 0) is 11.3 Å². The molecule has 7 heteroatoms. The van der Waals surface area contributed by atoms with Gasteiger partial charge in [0.25, 0.3) is 17.7 Å². The highest BCUT2D eigenvalue weighted by Gasteiger charge is 2.13. The highest BCUT2D eigenvalue weighted by molar-refractivity contribution is 5.97. The molecule has 4 N–H and O–H groups in total. The number of nitrogens with one attached hydrogen (secondary N) is 4. The first kappa shape index (κ1) is 21.1. The molecule has 0 aliphatic rings. The van der Waals surface area contributed by atoms with Crippen LogP contribution in [0.5, 0.6) is 0 Å². The summed E-state index contributed by atoms with van der Waals surface area (Å²) in [5.41, 5.74) is 2.75. The molecule has 1 unspecified atom stereocenters. The number of benzene rings is 2. The summed E-state index contributed by atoms with van der Waals surface area (Å²) in [6, 6.07) is 14.2. The van der Waals surface area contributed by atoms with Gasteiger partial charge in [0.15, 0.2) is 6.54 Å². The summed E-state index contributed by atoms with van der Waals surface area (Å²) in [4.78, 5) is 36.8. The van der Waals surface area contributed by atoms with Crippen molar-refractivity contribution in [1.29, 1.82) is 0 Å². The van der Waals surface area contributed by atoms with E-state index in [0.29, 0.717) is 29.9 Å². The monoisotopic (exact) mass is 383 g/mol. The number of hydrogen-bond donors (Lipinski definition) is 4. The average molecular weight is 383 g/mol. The molecule has 0 fully saturated rings. The van der Waals surface area contributed by atoms with Gasteiger partial charge in [-0.05, 0) is 37.3 Å². The van der Waals surface area contributed by atoms with E-state index in [-0.39, 0.29) is 24.3 Å². The maximum Gasteiger partial charge on any atom is 0.279 e. The zero-order valence-electron chi connectivity index (χ0n) is 16.5. The third-order valence-electron chi connectivity index (χ3n) is 4.16. The number of likely N-dealkylation sites (N-methyl/N-ethyl adjacent to an activating group) is 1. The van der Waals surface area contributed by atoms with Crippen molar-refractivity contribution < 1.29 is 19.3 Å². The lowest BCUT2D eigenvalue weighted by Crippen LogP contribution is -3.08. The van der Waals surface area contributed by atoms with Crippen molar-refractivity contribution in [2.45, 2.75) is 13.5 Å². The molecule has 7 nitrogen and oxygen atoms in total. The minimum Gasteiger partial charge on any atom is -0.355 e. The molecule has 0 spiro atoms. The van der Waals surface area contributed by atoms with Gasteiger partial charge in [-0.15, -0.1) is 0 Å². The third-order valence-corrected chi connectivity index (χ3v) is 4.16. The second-order valence-electron chi connectivity index (χ2n) is 6.58. The van der Waals surface area contributed by atoms with Crippen LogP contribution in [0.1, 0.15) is 33.2 Å². The van der Waals surface area contributed by atoms with Gasteiger partial charge >= 0.3 is 0 Å². The Morgan fingerprint density at radius 1 is 0.964 bits per heavy atom. The summed E-state index contributed by atoms with van der Waals surface area (Å²) in [5, 5.41) is 8.16. The van der Waals surface area contributed by atoms with Crippen LogP contribution in [0.2, 0.25) is 0 Å². The molecule has 28 heavy (non-hydrogen) atoms. The second kappa shape index (κ2) is 10.2. The van der Waals surface area contributed by atoms with E-state index in [2.05, 4.69) is 16.0 Å². The van der Waals surface area contributed by atoms with Gasteiger partial charge < -0.3 is 20.9 Å². The summed E-state index contributed by atoms with van der Waals surface area (Å²) in [6.07, 6.45) is 0. The van der Waals surface area contributed by atoms with Crippen LogP contribution in [0.4, 0.5) is 5.69 Å². The molecular weight excluding hydrogens is 356 g/mol. The highest BCUT2D eigenvalue weighted by Crippen LogP contribution is 2.10. The van der Waals surface area contributed by atoms with E-state index >= 15 is 0 Å². The van der Waals surface area contributed by atoms with Gasteiger partial charge in [-0.25, -0.2) is 0 Å². The van der Waals surface area contributed by atoms with E-state index in [0.717, 1.165) is 10.5 Å². The number of carbonyl (C=O) groups is 3. The van der Waals surface area contributed by atoms with Crippen molar-refractivity contribution in [3.05, 3.63) is 65.2 Å². The smallest absolute Gasteiger partial charge is 0.279 e. The van der Waals surface area contributed by atoms with E-state index in [1.807, 2.05) is 26.1 Å². The molecular formula is C21H27N4O3+. The first-order chi connectivity index (χ1) is 13.4. The molecule has 0 saturated heterocycles. The predicted molar refractivity (Wildman–Crippen MR) is 108 cm³/mol. The topological polar surface area (TPSA) is 91.7 Å². The zero-order chi connectivity index (χ0) is 20.5. The van der Waals surface area contributed by atoms with Crippen molar-refractivity contribution in [3.63, 3.8) is 0 Å². The number of carbonyl (C=O) groups excluding carboxylic acids is 3. The number of amides is 3. The van der Waals surface area contributed by atoms with Gasteiger partial charge in [-0.3, -0.25) is 14.4 Å². The van der Waals surface area contributed by atoms with Crippen LogP contribution in [0.25, 0.3) is 0 Å². The Hall–Kier alpha value is -3.19. The highest BCUT2D eigenvalue weighted by atomic mass is 16.2. The van der Waals surface area contributed by atoms with Gasteiger partial charge in [-0.2, -0.15) is 0 Å². The molecule has 3 amide bonds. The number of rotatable bonds is 8. The first-order valence-electron chi connectivity index (χ1n) is 9.23. The van der Waals surface area contributed by atoms with E-state index in [1.165, 1.54) is 0 Å². The van der Waals surface area contributed by atoms with Gasteiger partial charge in [0.05, 0.1) is 7.05 Å². The fraction of sp³-hybridized carbons (Fsp3) is 0.286. The standard InChI is InChI=1S/C21H26N4O3/c1-4-23-21(28)17-6-5-7-18(12-17)24-19(26)14-25(3)13-15-8-10-16(11-9-15)20(27)22-2/h5-12H,4,13-14H2,1-3H3,(H,22,27)(H,23,28)(H,24,26)/p+1. The van der Waals surface area contributed by atoms with Crippen molar-refractivity contribution in [2.24, 2.45) is 0 Å². The third kappa shape index (κ3) is 6.21. The lowest BCUT2D eigenvalue weighted by molar-refractivity contribution is -0.885. The Morgan fingerprint density at radius 2 is 1.68 bits per heavy atom. The van der Waals surface area contributed by atoms with Gasteiger partial charge in [0, 0.05) is 36.0 Å². The molecule has 0 bridgehead atoms. The number of hydrogen-bond acceptors (Lipinski definition) is 3. The van der Waals surface area contributed by atoms with Crippen LogP contribution in [0.3, 0.4) is 0 Å². The van der Waals surface area contributed by atoms with Crippen molar-refractivity contribution >= 4 is 23.4 Å². The fourth-order valence-electron chi connectivity index (χ4n) is 2.81. The molecule has 2 aromatic rings. The molecule has 0 aliphatic heterocycles. The van der Waals surface area contributed by atoms with Crippen LogP contribution < -0.4 is 20.9 Å². The predicted octanol–water partition coefficient (Wildman–Crippen LogP) is 0.449. The molecule has 0 aromatic heterocycles. The Bertz CT molecular complexity index is 834. The largest absolute Gasteiger partial charge is 0.355 e. The van der Waals surface area contributed by atoms with Crippen molar-refractivity contribution in [3.8, 4) is 0 Å². The average Bonchev–Trinajstić information content (AvgIpc) is 2.68. The van der Waals surface area contributed by atoms with Gasteiger partial charge in [0.2, 0.25) is 0 Å². The SMILES string of the molecule is CCNC(=O)c1cccc(NC(=O)C[NH+](C)Cc2ccc(C(=O)NC)cc2)c1. The fourth-order valence-corrected chi connectivity index (χ4v) is 2.81. The molecule has 2 aromatic carbocycles. The summed E-state index contributed by atoms with van der Waals surface area (Å²) in [5.74, 6) is -0.421. The van der Waals surface area contributed by atoms with Gasteiger partial charge in [-0.1, -0.05) is 18.2 Å². The quantitative estimate of drug-likeness (QED) is 0.533. The Labute approximate surface area is 165 Å². The van der Waals surface area contributed by atoms with E-state index in [9.17, 15) is 14.4 Å². The Kier molecular flexibility index (Phi) is 7.71. The molecule has 0 radical (unpaired) electrons. The molecule has 0 heterocycles. The van der Waals surface area contributed by atoms with Crippen molar-refractivity contribution in [2.75, 3.05) is 32.5 Å². The zero-order valence-corrected chi connectivity index (χ0v) is 16.5. The van der Waals surface area contributed by atoms with Crippen LogP contribution in [-0.4, -0.2) is 44.9 Å². The lowest BCUT2D eigenvalue weighted by Gasteiger charge is -2.14. The first-order valence-corrected chi connectivity index (χ1v) is 9.23. The minimum absolute atomic E-state index is 0.124. The molecule has 2 rings (SSSR count). The normalized spacial score (nSPS) is 11.4. The molecule has 0 saturated carbocycles. The molecule has 1 atom stereocenters.